The van der Waals surface area contributed by atoms with E-state index in [0.717, 1.165) is 22.6 Å². The molecule has 2 heterocycles. The van der Waals surface area contributed by atoms with Crippen LogP contribution in [0.3, 0.4) is 0 Å². The van der Waals surface area contributed by atoms with Crippen LogP contribution in [0.1, 0.15) is 29.7 Å². The van der Waals surface area contributed by atoms with Crippen molar-refractivity contribution in [2.45, 2.75) is 26.3 Å². The molecule has 1 aromatic heterocycles. The number of nitrogens with one attached hydrogen (secondary N) is 1. The van der Waals surface area contributed by atoms with E-state index in [9.17, 15) is 4.79 Å². The number of nitrogens with zero attached hydrogens (tertiary/aromatic N) is 3. The second-order valence-corrected chi connectivity index (χ2v) is 6.76. The number of benzene rings is 2. The number of para-hydroxylation sites is 2. The number of carbonyl (C=O) groups is 1. The Morgan fingerprint density at radius 1 is 1.12 bits per heavy atom. The summed E-state index contributed by atoms with van der Waals surface area (Å²) in [5.41, 5.74) is 5.22. The molecule has 5 nitrogen and oxygen atoms in total. The molecule has 3 aromatic rings. The van der Waals surface area contributed by atoms with Gasteiger partial charge in [0, 0.05) is 30.9 Å². The van der Waals surface area contributed by atoms with Crippen LogP contribution in [0.15, 0.2) is 60.8 Å². The third-order valence-corrected chi connectivity index (χ3v) is 4.85. The van der Waals surface area contributed by atoms with E-state index in [-0.39, 0.29) is 6.03 Å². The first-order valence-electron chi connectivity index (χ1n) is 8.88. The monoisotopic (exact) mass is 346 g/mol. The molecule has 5 heteroatoms. The quantitative estimate of drug-likeness (QED) is 0.779. The first-order chi connectivity index (χ1) is 12.6. The molecule has 1 atom stereocenters. The van der Waals surface area contributed by atoms with Gasteiger partial charge in [-0.25, -0.2) is 9.48 Å². The summed E-state index contributed by atoms with van der Waals surface area (Å²) in [6.07, 6.45) is 1.94. The van der Waals surface area contributed by atoms with Crippen molar-refractivity contribution in [2.75, 3.05) is 11.4 Å². The summed E-state index contributed by atoms with van der Waals surface area (Å²) in [6, 6.07) is 18.0. The number of anilines is 1. The second kappa shape index (κ2) is 6.67. The van der Waals surface area contributed by atoms with E-state index in [2.05, 4.69) is 23.4 Å². The molecule has 1 unspecified atom stereocenters. The van der Waals surface area contributed by atoms with Gasteiger partial charge in [-0.15, -0.1) is 0 Å². The molecule has 26 heavy (non-hydrogen) atoms. The lowest BCUT2D eigenvalue weighted by Gasteiger charge is -2.19. The molecule has 0 saturated carbocycles. The van der Waals surface area contributed by atoms with Crippen molar-refractivity contribution < 1.29 is 4.79 Å². The van der Waals surface area contributed by atoms with E-state index in [1.54, 1.807) is 0 Å². The Balaban J connectivity index is 1.51. The highest BCUT2D eigenvalue weighted by molar-refractivity contribution is 5.94. The summed E-state index contributed by atoms with van der Waals surface area (Å²) in [6.45, 7) is 5.29. The average molecular weight is 346 g/mol. The third-order valence-electron chi connectivity index (χ3n) is 4.85. The number of hydrogen-bond acceptors (Lipinski definition) is 2. The van der Waals surface area contributed by atoms with Crippen LogP contribution in [0, 0.1) is 6.92 Å². The van der Waals surface area contributed by atoms with Crippen LogP contribution >= 0.6 is 0 Å². The van der Waals surface area contributed by atoms with Crippen LogP contribution < -0.4 is 10.2 Å². The minimum absolute atomic E-state index is 0.0618. The number of hydrogen-bond donors (Lipinski definition) is 1. The lowest BCUT2D eigenvalue weighted by molar-refractivity contribution is 0.246. The maximum Gasteiger partial charge on any atom is 0.322 e. The lowest BCUT2D eigenvalue weighted by atomic mass is 10.0. The van der Waals surface area contributed by atoms with Crippen molar-refractivity contribution in [2.24, 2.45) is 0 Å². The van der Waals surface area contributed by atoms with Gasteiger partial charge in [-0.3, -0.25) is 4.90 Å². The topological polar surface area (TPSA) is 50.2 Å². The molecular formula is C21H22N4O. The summed E-state index contributed by atoms with van der Waals surface area (Å²) in [7, 11) is 0. The molecule has 0 aliphatic carbocycles. The minimum atomic E-state index is -0.0618. The zero-order valence-electron chi connectivity index (χ0n) is 15.0. The zero-order chi connectivity index (χ0) is 18.1. The maximum atomic E-state index is 12.8. The molecule has 0 spiro atoms. The van der Waals surface area contributed by atoms with E-state index in [1.807, 2.05) is 71.2 Å². The molecular weight excluding hydrogens is 324 g/mol. The van der Waals surface area contributed by atoms with Gasteiger partial charge in [0.05, 0.1) is 11.4 Å². The van der Waals surface area contributed by atoms with Gasteiger partial charge in [-0.05, 0) is 36.2 Å². The van der Waals surface area contributed by atoms with Crippen LogP contribution in [-0.4, -0.2) is 22.4 Å². The normalized spacial score (nSPS) is 15.8. The molecule has 132 valence electrons. The van der Waals surface area contributed by atoms with E-state index in [1.165, 1.54) is 5.56 Å². The van der Waals surface area contributed by atoms with E-state index < -0.39 is 0 Å². The highest BCUT2D eigenvalue weighted by Crippen LogP contribution is 2.35. The van der Waals surface area contributed by atoms with Crippen LogP contribution in [0.2, 0.25) is 0 Å². The smallest absolute Gasteiger partial charge is 0.322 e. The summed E-state index contributed by atoms with van der Waals surface area (Å²) < 4.78 is 1.85. The second-order valence-electron chi connectivity index (χ2n) is 6.76. The fraction of sp³-hybridized carbons (Fsp3) is 0.238. The van der Waals surface area contributed by atoms with Gasteiger partial charge in [0.15, 0.2) is 0 Å². The molecule has 4 rings (SSSR count). The Morgan fingerprint density at radius 3 is 2.62 bits per heavy atom. The van der Waals surface area contributed by atoms with Gasteiger partial charge < -0.3 is 5.32 Å². The highest BCUT2D eigenvalue weighted by Gasteiger charge is 2.29. The molecule has 1 N–H and O–H groups in total. The predicted molar refractivity (Wildman–Crippen MR) is 103 cm³/mol. The molecule has 0 radical (unpaired) electrons. The Bertz CT molecular complexity index is 946. The summed E-state index contributed by atoms with van der Waals surface area (Å²) in [5.74, 6) is 0.358. The average Bonchev–Trinajstić information content (AvgIpc) is 3.24. The van der Waals surface area contributed by atoms with Gasteiger partial charge in [0.2, 0.25) is 0 Å². The van der Waals surface area contributed by atoms with Crippen molar-refractivity contribution >= 4 is 11.7 Å². The Hall–Kier alpha value is -3.08. The highest BCUT2D eigenvalue weighted by atomic mass is 16.2. The Kier molecular flexibility index (Phi) is 4.21. The Labute approximate surface area is 153 Å². The molecule has 1 aliphatic heterocycles. The molecule has 2 aromatic carbocycles. The zero-order valence-corrected chi connectivity index (χ0v) is 15.0. The van der Waals surface area contributed by atoms with Crippen molar-refractivity contribution in [1.82, 2.24) is 15.1 Å². The number of carbonyl (C=O) groups excluding carboxylic acids is 1. The van der Waals surface area contributed by atoms with Gasteiger partial charge in [-0.2, -0.15) is 5.10 Å². The van der Waals surface area contributed by atoms with Gasteiger partial charge >= 0.3 is 6.03 Å². The van der Waals surface area contributed by atoms with E-state index in [4.69, 9.17) is 0 Å². The molecule has 0 bridgehead atoms. The number of aryl methyl sites for hydroxylation is 1. The first-order valence-corrected chi connectivity index (χ1v) is 8.88. The van der Waals surface area contributed by atoms with Crippen molar-refractivity contribution in [3.8, 4) is 5.69 Å². The standard InChI is InChI=1S/C21H22N4O/c1-15-14-24(20-10-6-4-8-18(15)20)21(26)22-13-17-7-3-5-9-19(17)25-12-11-16(2)23-25/h3-12,15H,13-14H2,1-2H3,(H,22,26). The minimum Gasteiger partial charge on any atom is -0.334 e. The van der Waals surface area contributed by atoms with Crippen LogP contribution in [0.25, 0.3) is 5.69 Å². The van der Waals surface area contributed by atoms with Gasteiger partial charge in [-0.1, -0.05) is 43.3 Å². The van der Waals surface area contributed by atoms with E-state index in [0.29, 0.717) is 19.0 Å². The lowest BCUT2D eigenvalue weighted by Crippen LogP contribution is -2.39. The Morgan fingerprint density at radius 2 is 1.85 bits per heavy atom. The summed E-state index contributed by atoms with van der Waals surface area (Å²) >= 11 is 0. The molecule has 1 aliphatic rings. The van der Waals surface area contributed by atoms with E-state index >= 15 is 0 Å². The maximum absolute atomic E-state index is 12.8. The van der Waals surface area contributed by atoms with Crippen molar-refractivity contribution in [1.29, 1.82) is 0 Å². The number of aromatic nitrogens is 2. The predicted octanol–water partition coefficient (Wildman–Crippen LogP) is 4.01. The fourth-order valence-electron chi connectivity index (χ4n) is 3.51. The number of fused-ring (bicyclic) bond motifs is 1. The molecule has 0 fully saturated rings. The number of amides is 2. The largest absolute Gasteiger partial charge is 0.334 e. The van der Waals surface area contributed by atoms with Crippen molar-refractivity contribution in [3.63, 3.8) is 0 Å². The molecule has 0 saturated heterocycles. The van der Waals surface area contributed by atoms with Crippen LogP contribution in [0.4, 0.5) is 10.5 Å². The fourth-order valence-corrected chi connectivity index (χ4v) is 3.51. The molecule has 2 amide bonds. The van der Waals surface area contributed by atoms with Crippen molar-refractivity contribution in [3.05, 3.63) is 77.6 Å². The summed E-state index contributed by atoms with van der Waals surface area (Å²) in [4.78, 5) is 14.6. The van der Waals surface area contributed by atoms with Crippen LogP contribution in [0.5, 0.6) is 0 Å². The third kappa shape index (κ3) is 2.96. The number of urea groups is 1. The first kappa shape index (κ1) is 16.4. The van der Waals surface area contributed by atoms with Crippen LogP contribution in [-0.2, 0) is 6.54 Å². The van der Waals surface area contributed by atoms with Gasteiger partial charge in [0.25, 0.3) is 0 Å². The van der Waals surface area contributed by atoms with Gasteiger partial charge in [0.1, 0.15) is 0 Å². The SMILES string of the molecule is Cc1ccn(-c2ccccc2CNC(=O)N2CC(C)c3ccccc32)n1. The number of rotatable bonds is 3. The summed E-state index contributed by atoms with van der Waals surface area (Å²) in [5, 5.41) is 7.54.